The summed E-state index contributed by atoms with van der Waals surface area (Å²) in [4.78, 5) is 7.75. The second-order valence-electron chi connectivity index (χ2n) is 4.78. The van der Waals surface area contributed by atoms with Gasteiger partial charge in [0.1, 0.15) is 5.82 Å². The molecule has 0 aliphatic carbocycles. The van der Waals surface area contributed by atoms with E-state index in [4.69, 9.17) is 37.4 Å². The van der Waals surface area contributed by atoms with Gasteiger partial charge in [-0.1, -0.05) is 23.2 Å². The maximum Gasteiger partial charge on any atom is 0.203 e. The van der Waals surface area contributed by atoms with Crippen LogP contribution in [0, 0.1) is 0 Å². The van der Waals surface area contributed by atoms with Crippen LogP contribution in [-0.2, 0) is 0 Å². The zero-order valence-electron chi connectivity index (χ0n) is 12.7. The molecule has 1 N–H and O–H groups in total. The Morgan fingerprint density at radius 2 is 1.48 bits per heavy atom. The van der Waals surface area contributed by atoms with E-state index >= 15 is 0 Å². The predicted octanol–water partition coefficient (Wildman–Crippen LogP) is 4.56. The second-order valence-corrected chi connectivity index (χ2v) is 5.60. The van der Waals surface area contributed by atoms with Crippen molar-refractivity contribution in [2.45, 2.75) is 0 Å². The quantitative estimate of drug-likeness (QED) is 0.747. The van der Waals surface area contributed by atoms with Crippen LogP contribution < -0.4 is 14.2 Å². The molecule has 5 nitrogen and oxygen atoms in total. The Bertz CT molecular complexity index is 813. The molecule has 0 fully saturated rings. The van der Waals surface area contributed by atoms with Gasteiger partial charge in [-0.3, -0.25) is 0 Å². The lowest BCUT2D eigenvalue weighted by atomic mass is 10.1. The molecular weight excluding hydrogens is 339 g/mol. The summed E-state index contributed by atoms with van der Waals surface area (Å²) in [7, 11) is 4.70. The number of hydrogen-bond acceptors (Lipinski definition) is 4. The van der Waals surface area contributed by atoms with Gasteiger partial charge in [-0.2, -0.15) is 0 Å². The third kappa shape index (κ3) is 2.78. The van der Waals surface area contributed by atoms with Crippen LogP contribution in [0.3, 0.4) is 0 Å². The number of H-pyrrole nitrogens is 1. The molecule has 23 heavy (non-hydrogen) atoms. The first-order valence-electron chi connectivity index (χ1n) is 6.72. The molecule has 0 aliphatic heterocycles. The van der Waals surface area contributed by atoms with Gasteiger partial charge in [0.25, 0.3) is 0 Å². The van der Waals surface area contributed by atoms with Gasteiger partial charge in [0, 0.05) is 5.56 Å². The highest BCUT2D eigenvalue weighted by molar-refractivity contribution is 6.42. The van der Waals surface area contributed by atoms with Crippen molar-refractivity contribution in [1.82, 2.24) is 9.97 Å². The number of nitrogens with zero attached hydrogens (tertiary/aromatic N) is 1. The van der Waals surface area contributed by atoms with Crippen molar-refractivity contribution in [3.8, 4) is 28.6 Å². The summed E-state index contributed by atoms with van der Waals surface area (Å²) in [5.41, 5.74) is 2.31. The summed E-state index contributed by atoms with van der Waals surface area (Å²) in [5.74, 6) is 2.29. The number of aromatic amines is 1. The number of fused-ring (bicyclic) bond motifs is 1. The fourth-order valence-corrected chi connectivity index (χ4v) is 2.68. The molecule has 0 atom stereocenters. The van der Waals surface area contributed by atoms with Gasteiger partial charge in [-0.05, 0) is 24.3 Å². The molecule has 0 saturated carbocycles. The molecule has 0 spiro atoms. The van der Waals surface area contributed by atoms with E-state index in [1.807, 2.05) is 12.1 Å². The number of rotatable bonds is 4. The molecule has 7 heteroatoms. The number of methoxy groups -OCH3 is 3. The lowest BCUT2D eigenvalue weighted by Gasteiger charge is -2.13. The van der Waals surface area contributed by atoms with E-state index in [9.17, 15) is 0 Å². The Morgan fingerprint density at radius 3 is 2.04 bits per heavy atom. The van der Waals surface area contributed by atoms with Crippen molar-refractivity contribution < 1.29 is 14.2 Å². The van der Waals surface area contributed by atoms with Crippen LogP contribution >= 0.6 is 23.2 Å². The molecule has 0 bridgehead atoms. The minimum atomic E-state index is 0.460. The van der Waals surface area contributed by atoms with E-state index in [-0.39, 0.29) is 0 Å². The van der Waals surface area contributed by atoms with Crippen molar-refractivity contribution in [2.75, 3.05) is 21.3 Å². The SMILES string of the molecule is COc1cc(-c2nc3cc(Cl)c(Cl)cc3[nH]2)cc(OC)c1OC. The number of imidazole rings is 1. The summed E-state index contributed by atoms with van der Waals surface area (Å²) in [6, 6.07) is 7.11. The van der Waals surface area contributed by atoms with Crippen molar-refractivity contribution in [3.05, 3.63) is 34.3 Å². The third-order valence-corrected chi connectivity index (χ3v) is 4.18. The maximum atomic E-state index is 6.04. The van der Waals surface area contributed by atoms with Gasteiger partial charge in [0.05, 0.1) is 42.4 Å². The molecule has 120 valence electrons. The number of hydrogen-bond donors (Lipinski definition) is 1. The van der Waals surface area contributed by atoms with Crippen molar-refractivity contribution in [1.29, 1.82) is 0 Å². The molecule has 0 unspecified atom stereocenters. The Morgan fingerprint density at radius 1 is 0.870 bits per heavy atom. The van der Waals surface area contributed by atoms with E-state index in [0.717, 1.165) is 16.6 Å². The molecular formula is C16H14Cl2N2O3. The van der Waals surface area contributed by atoms with E-state index in [1.54, 1.807) is 33.5 Å². The number of ether oxygens (including phenoxy) is 3. The number of aromatic nitrogens is 2. The highest BCUT2D eigenvalue weighted by Gasteiger charge is 2.16. The van der Waals surface area contributed by atoms with Crippen LogP contribution in [0.1, 0.15) is 0 Å². The molecule has 0 amide bonds. The number of benzene rings is 2. The highest BCUT2D eigenvalue weighted by atomic mass is 35.5. The van der Waals surface area contributed by atoms with Gasteiger partial charge >= 0.3 is 0 Å². The Hall–Kier alpha value is -2.11. The third-order valence-electron chi connectivity index (χ3n) is 3.46. The zero-order valence-corrected chi connectivity index (χ0v) is 14.2. The van der Waals surface area contributed by atoms with Crippen LogP contribution in [-0.4, -0.2) is 31.3 Å². The summed E-state index contributed by atoms with van der Waals surface area (Å²) in [5, 5.41) is 0.932. The van der Waals surface area contributed by atoms with E-state index in [0.29, 0.717) is 33.1 Å². The number of halogens is 2. The van der Waals surface area contributed by atoms with Crippen LogP contribution in [0.4, 0.5) is 0 Å². The van der Waals surface area contributed by atoms with E-state index in [2.05, 4.69) is 9.97 Å². The largest absolute Gasteiger partial charge is 0.493 e. The monoisotopic (exact) mass is 352 g/mol. The average Bonchev–Trinajstić information content (AvgIpc) is 2.96. The van der Waals surface area contributed by atoms with Crippen molar-refractivity contribution in [2.24, 2.45) is 0 Å². The van der Waals surface area contributed by atoms with Gasteiger partial charge in [0.15, 0.2) is 11.5 Å². The minimum Gasteiger partial charge on any atom is -0.493 e. The van der Waals surface area contributed by atoms with E-state index < -0.39 is 0 Å². The molecule has 0 aliphatic rings. The summed E-state index contributed by atoms with van der Waals surface area (Å²) in [6.07, 6.45) is 0. The lowest BCUT2D eigenvalue weighted by molar-refractivity contribution is 0.324. The Balaban J connectivity index is 2.18. The summed E-state index contributed by atoms with van der Waals surface area (Å²) < 4.78 is 16.1. The molecule has 1 aromatic heterocycles. The molecule has 3 aromatic rings. The predicted molar refractivity (Wildman–Crippen MR) is 91.2 cm³/mol. The zero-order chi connectivity index (χ0) is 16.6. The van der Waals surface area contributed by atoms with Gasteiger partial charge in [0.2, 0.25) is 5.75 Å². The summed E-state index contributed by atoms with van der Waals surface area (Å²) in [6.45, 7) is 0. The van der Waals surface area contributed by atoms with Crippen molar-refractivity contribution >= 4 is 34.2 Å². The fourth-order valence-electron chi connectivity index (χ4n) is 2.36. The Labute approximate surface area is 143 Å². The fraction of sp³-hybridized carbons (Fsp3) is 0.188. The van der Waals surface area contributed by atoms with Gasteiger partial charge in [-0.15, -0.1) is 0 Å². The molecule has 3 rings (SSSR count). The smallest absolute Gasteiger partial charge is 0.203 e. The van der Waals surface area contributed by atoms with Crippen LogP contribution in [0.25, 0.3) is 22.4 Å². The minimum absolute atomic E-state index is 0.460. The Kier molecular flexibility index (Phi) is 4.24. The second kappa shape index (κ2) is 6.18. The normalized spacial score (nSPS) is 10.8. The van der Waals surface area contributed by atoms with Crippen molar-refractivity contribution in [3.63, 3.8) is 0 Å². The summed E-state index contributed by atoms with van der Waals surface area (Å²) >= 11 is 12.1. The van der Waals surface area contributed by atoms with Gasteiger partial charge in [-0.25, -0.2) is 4.98 Å². The molecule has 1 heterocycles. The van der Waals surface area contributed by atoms with Crippen LogP contribution in [0.15, 0.2) is 24.3 Å². The molecule has 2 aromatic carbocycles. The lowest BCUT2D eigenvalue weighted by Crippen LogP contribution is -1.96. The van der Waals surface area contributed by atoms with Crippen LogP contribution in [0.2, 0.25) is 10.0 Å². The van der Waals surface area contributed by atoms with Crippen LogP contribution in [0.5, 0.6) is 17.2 Å². The standard InChI is InChI=1S/C16H14Cl2N2O3/c1-21-13-4-8(5-14(22-2)15(13)23-3)16-19-11-6-9(17)10(18)7-12(11)20-16/h4-7H,1-3H3,(H,19,20). The average molecular weight is 353 g/mol. The highest BCUT2D eigenvalue weighted by Crippen LogP contribution is 2.41. The molecule has 0 saturated heterocycles. The van der Waals surface area contributed by atoms with Gasteiger partial charge < -0.3 is 19.2 Å². The number of nitrogens with one attached hydrogen (secondary N) is 1. The topological polar surface area (TPSA) is 56.4 Å². The maximum absolute atomic E-state index is 6.04. The molecule has 0 radical (unpaired) electrons. The van der Waals surface area contributed by atoms with E-state index in [1.165, 1.54) is 0 Å². The first-order chi connectivity index (χ1) is 11.1. The first-order valence-corrected chi connectivity index (χ1v) is 7.48. The first kappa shape index (κ1) is 15.8.